The Balaban J connectivity index is 1.51. The molecule has 4 aromatic rings. The molecule has 0 radical (unpaired) electrons. The third kappa shape index (κ3) is 4.25. The first-order valence-electron chi connectivity index (χ1n) is 10.5. The maximum atomic E-state index is 13.4. The quantitative estimate of drug-likeness (QED) is 0.359. The fourth-order valence-electron chi connectivity index (χ4n) is 3.56. The second-order valence-electron chi connectivity index (χ2n) is 7.34. The number of methoxy groups -OCH3 is 2. The Kier molecular flexibility index (Phi) is 6.01. The number of rotatable bonds is 7. The zero-order valence-corrected chi connectivity index (χ0v) is 19.4. The van der Waals surface area contributed by atoms with Crippen LogP contribution in [-0.2, 0) is 11.3 Å². The third-order valence-corrected chi connectivity index (χ3v) is 6.35. The van der Waals surface area contributed by atoms with Gasteiger partial charge in [-0.2, -0.15) is 0 Å². The van der Waals surface area contributed by atoms with E-state index >= 15 is 0 Å². The molecule has 8 nitrogen and oxygen atoms in total. The van der Waals surface area contributed by atoms with Crippen LogP contribution in [0.5, 0.6) is 23.0 Å². The maximum Gasteiger partial charge on any atom is 0.253 e. The minimum Gasteiger partial charge on any atom is -0.495 e. The number of thiazole rings is 1. The zero-order valence-electron chi connectivity index (χ0n) is 18.6. The molecule has 1 aliphatic heterocycles. The number of carbonyl (C=O) groups is 1. The highest BCUT2D eigenvalue weighted by Crippen LogP contribution is 2.40. The van der Waals surface area contributed by atoms with Crippen LogP contribution in [0.3, 0.4) is 0 Å². The van der Waals surface area contributed by atoms with E-state index in [2.05, 4.69) is 4.98 Å². The van der Waals surface area contributed by atoms with Gasteiger partial charge in [0.05, 0.1) is 26.5 Å². The molecule has 3 heterocycles. The molecule has 0 saturated carbocycles. The van der Waals surface area contributed by atoms with Crippen molar-refractivity contribution in [2.75, 3.05) is 25.9 Å². The van der Waals surface area contributed by atoms with Crippen LogP contribution in [0.25, 0.3) is 16.3 Å². The molecule has 0 N–H and O–H groups in total. The van der Waals surface area contributed by atoms with Crippen molar-refractivity contribution in [1.29, 1.82) is 0 Å². The van der Waals surface area contributed by atoms with Gasteiger partial charge >= 0.3 is 0 Å². The van der Waals surface area contributed by atoms with Crippen molar-refractivity contribution in [3.8, 4) is 23.0 Å². The van der Waals surface area contributed by atoms with E-state index < -0.39 is 0 Å². The predicted molar refractivity (Wildman–Crippen MR) is 130 cm³/mol. The second-order valence-corrected chi connectivity index (χ2v) is 8.31. The van der Waals surface area contributed by atoms with E-state index in [1.165, 1.54) is 17.4 Å². The van der Waals surface area contributed by atoms with Gasteiger partial charge in [-0.1, -0.05) is 23.5 Å². The van der Waals surface area contributed by atoms with E-state index in [9.17, 15) is 4.79 Å². The van der Waals surface area contributed by atoms with E-state index in [-0.39, 0.29) is 19.2 Å². The summed E-state index contributed by atoms with van der Waals surface area (Å²) in [6.07, 6.45) is 4.95. The number of hydrogen-bond acceptors (Lipinski definition) is 8. The molecule has 0 saturated heterocycles. The van der Waals surface area contributed by atoms with Crippen molar-refractivity contribution in [1.82, 2.24) is 9.97 Å². The summed E-state index contributed by atoms with van der Waals surface area (Å²) in [5, 5.41) is 0.517. The fourth-order valence-corrected chi connectivity index (χ4v) is 4.64. The normalized spacial score (nSPS) is 12.3. The average Bonchev–Trinajstić information content (AvgIpc) is 3.53. The number of amides is 1. The standard InChI is InChI=1S/C25H21N3O5S/c1-30-19-9-10-20(31-2)24-23(19)27-25(34-24)28(14-17-5-3-4-12-26-17)22(29)11-7-16-6-8-18-21(13-16)33-15-32-18/h3-13H,14-15H2,1-2H3/b11-7+. The Hall–Kier alpha value is -4.11. The van der Waals surface area contributed by atoms with Gasteiger partial charge in [0.2, 0.25) is 6.79 Å². The summed E-state index contributed by atoms with van der Waals surface area (Å²) in [5.74, 6) is 2.39. The number of pyridine rings is 1. The Morgan fingerprint density at radius 3 is 2.71 bits per heavy atom. The minimum atomic E-state index is -0.236. The van der Waals surface area contributed by atoms with Crippen molar-refractivity contribution < 1.29 is 23.7 Å². The smallest absolute Gasteiger partial charge is 0.253 e. The van der Waals surface area contributed by atoms with Gasteiger partial charge in [0.1, 0.15) is 21.7 Å². The molecule has 5 rings (SSSR count). The molecule has 2 aromatic heterocycles. The lowest BCUT2D eigenvalue weighted by Crippen LogP contribution is -2.29. The Bertz CT molecular complexity index is 1330. The Morgan fingerprint density at radius 2 is 1.91 bits per heavy atom. The topological polar surface area (TPSA) is 83.0 Å². The molecule has 1 aliphatic rings. The number of nitrogens with zero attached hydrogens (tertiary/aromatic N) is 3. The minimum absolute atomic E-state index is 0.198. The lowest BCUT2D eigenvalue weighted by atomic mass is 10.2. The van der Waals surface area contributed by atoms with Crippen LogP contribution in [-0.4, -0.2) is 36.9 Å². The Labute approximate surface area is 200 Å². The first-order chi connectivity index (χ1) is 16.7. The van der Waals surface area contributed by atoms with Crippen molar-refractivity contribution in [2.45, 2.75) is 6.54 Å². The molecule has 2 aromatic carbocycles. The monoisotopic (exact) mass is 475 g/mol. The summed E-state index contributed by atoms with van der Waals surface area (Å²) in [6, 6.07) is 14.8. The summed E-state index contributed by atoms with van der Waals surface area (Å²) >= 11 is 1.36. The first kappa shape index (κ1) is 21.7. The number of anilines is 1. The third-order valence-electron chi connectivity index (χ3n) is 5.26. The summed E-state index contributed by atoms with van der Waals surface area (Å²) in [7, 11) is 3.19. The van der Waals surface area contributed by atoms with Crippen LogP contribution in [0.15, 0.2) is 60.8 Å². The van der Waals surface area contributed by atoms with Crippen molar-refractivity contribution >= 4 is 38.7 Å². The van der Waals surface area contributed by atoms with E-state index in [1.807, 2.05) is 42.5 Å². The largest absolute Gasteiger partial charge is 0.495 e. The first-order valence-corrected chi connectivity index (χ1v) is 11.3. The van der Waals surface area contributed by atoms with Gasteiger partial charge in [0, 0.05) is 12.3 Å². The van der Waals surface area contributed by atoms with Crippen LogP contribution in [0, 0.1) is 0 Å². The van der Waals surface area contributed by atoms with Gasteiger partial charge in [0.25, 0.3) is 5.91 Å². The summed E-state index contributed by atoms with van der Waals surface area (Å²) in [6.45, 7) is 0.458. The second kappa shape index (κ2) is 9.40. The zero-order chi connectivity index (χ0) is 23.5. The van der Waals surface area contributed by atoms with Crippen molar-refractivity contribution in [3.05, 3.63) is 72.1 Å². The molecular formula is C25H21N3O5S. The van der Waals surface area contributed by atoms with Gasteiger partial charge in [-0.25, -0.2) is 4.98 Å². The van der Waals surface area contributed by atoms with Gasteiger partial charge in [-0.3, -0.25) is 14.7 Å². The Morgan fingerprint density at radius 1 is 1.09 bits per heavy atom. The molecule has 34 heavy (non-hydrogen) atoms. The molecular weight excluding hydrogens is 454 g/mol. The summed E-state index contributed by atoms with van der Waals surface area (Å²) in [5.41, 5.74) is 2.20. The van der Waals surface area contributed by atoms with Crippen LogP contribution in [0.1, 0.15) is 11.3 Å². The summed E-state index contributed by atoms with van der Waals surface area (Å²) in [4.78, 5) is 24.1. The highest BCUT2D eigenvalue weighted by atomic mass is 32.1. The molecule has 0 unspecified atom stereocenters. The molecule has 0 atom stereocenters. The van der Waals surface area contributed by atoms with E-state index in [1.54, 1.807) is 37.5 Å². The van der Waals surface area contributed by atoms with Crippen LogP contribution in [0.4, 0.5) is 5.13 Å². The van der Waals surface area contributed by atoms with Crippen LogP contribution < -0.4 is 23.8 Å². The molecule has 9 heteroatoms. The predicted octanol–water partition coefficient (Wildman–Crippen LogP) is 4.68. The summed E-state index contributed by atoms with van der Waals surface area (Å²) < 4.78 is 22.6. The highest BCUT2D eigenvalue weighted by molar-refractivity contribution is 7.22. The average molecular weight is 476 g/mol. The number of fused-ring (bicyclic) bond motifs is 2. The lowest BCUT2D eigenvalue weighted by Gasteiger charge is -2.17. The number of carbonyl (C=O) groups excluding carboxylic acids is 1. The van der Waals surface area contributed by atoms with Crippen LogP contribution in [0.2, 0.25) is 0 Å². The SMILES string of the molecule is COc1ccc(OC)c2sc(N(Cc3ccccn3)C(=O)/C=C/c3ccc4c(c3)OCO4)nc12. The number of ether oxygens (including phenoxy) is 4. The number of aromatic nitrogens is 2. The lowest BCUT2D eigenvalue weighted by molar-refractivity contribution is -0.114. The molecule has 0 bridgehead atoms. The van der Waals surface area contributed by atoms with E-state index in [4.69, 9.17) is 23.9 Å². The number of benzene rings is 2. The molecule has 172 valence electrons. The fraction of sp³-hybridized carbons (Fsp3) is 0.160. The van der Waals surface area contributed by atoms with Gasteiger partial charge < -0.3 is 18.9 Å². The number of hydrogen-bond donors (Lipinski definition) is 0. The van der Waals surface area contributed by atoms with Crippen molar-refractivity contribution in [2.24, 2.45) is 0 Å². The highest BCUT2D eigenvalue weighted by Gasteiger charge is 2.22. The van der Waals surface area contributed by atoms with E-state index in [0.29, 0.717) is 33.6 Å². The van der Waals surface area contributed by atoms with Gasteiger partial charge in [0.15, 0.2) is 16.6 Å². The molecule has 0 aliphatic carbocycles. The maximum absolute atomic E-state index is 13.4. The van der Waals surface area contributed by atoms with Gasteiger partial charge in [-0.05, 0) is 48.0 Å². The molecule has 0 spiro atoms. The van der Waals surface area contributed by atoms with Gasteiger partial charge in [-0.15, -0.1) is 0 Å². The van der Waals surface area contributed by atoms with Crippen molar-refractivity contribution in [3.63, 3.8) is 0 Å². The van der Waals surface area contributed by atoms with Crippen LogP contribution >= 0.6 is 11.3 Å². The van der Waals surface area contributed by atoms with E-state index in [0.717, 1.165) is 16.0 Å². The molecule has 1 amide bonds. The molecule has 0 fully saturated rings.